The van der Waals surface area contributed by atoms with Crippen molar-refractivity contribution in [2.24, 2.45) is 0 Å². The molecule has 0 amide bonds. The molecule has 2 fully saturated rings. The first-order valence-corrected chi connectivity index (χ1v) is 18.5. The van der Waals surface area contributed by atoms with Crippen LogP contribution < -0.4 is 0 Å². The van der Waals surface area contributed by atoms with Crippen LogP contribution in [-0.2, 0) is 51.1 Å². The van der Waals surface area contributed by atoms with E-state index in [2.05, 4.69) is 24.5 Å². The Balaban J connectivity index is 2.11. The minimum atomic E-state index is -3.95. The van der Waals surface area contributed by atoms with Gasteiger partial charge in [-0.05, 0) is 34.6 Å². The van der Waals surface area contributed by atoms with Crippen molar-refractivity contribution < 1.29 is 51.1 Å². The minimum Gasteiger partial charge on any atom is -0.382 e. The number of hydrogen-bond donors (Lipinski definition) is 2. The van der Waals surface area contributed by atoms with Gasteiger partial charge < -0.3 is 32.9 Å². The van der Waals surface area contributed by atoms with Crippen molar-refractivity contribution in [2.75, 3.05) is 40.6 Å². The second kappa shape index (κ2) is 14.5. The first kappa shape index (κ1) is 36.0. The second-order valence-corrected chi connectivity index (χ2v) is 18.9. The molecule has 39 heavy (non-hydrogen) atoms. The third-order valence-corrected chi connectivity index (χ3v) is 12.3. The van der Waals surface area contributed by atoms with Gasteiger partial charge in [-0.25, -0.2) is 4.57 Å². The predicted octanol–water partition coefficient (Wildman–Crippen LogP) is 5.17. The zero-order valence-electron chi connectivity index (χ0n) is 24.7. The van der Waals surface area contributed by atoms with E-state index in [4.69, 9.17) is 42.0 Å². The van der Waals surface area contributed by atoms with Crippen molar-refractivity contribution in [3.8, 4) is 0 Å². The Hall–Kier alpha value is 0.800. The molecule has 11 nitrogen and oxygen atoms in total. The lowest BCUT2D eigenvalue weighted by Crippen LogP contribution is -2.43. The molecular formula is C24H48O11P2S2. The van der Waals surface area contributed by atoms with Crippen LogP contribution in [0, 0.1) is 0 Å². The summed E-state index contributed by atoms with van der Waals surface area (Å²) in [5.41, 5.74) is -0.490. The van der Waals surface area contributed by atoms with E-state index in [-0.39, 0.29) is 25.4 Å². The normalized spacial score (nSPS) is 35.2. The van der Waals surface area contributed by atoms with Gasteiger partial charge in [-0.15, -0.1) is 0 Å². The maximum Gasteiger partial charge on any atom is 0.386 e. The monoisotopic (exact) mass is 638 g/mol. The summed E-state index contributed by atoms with van der Waals surface area (Å²) in [6, 6.07) is 0. The van der Waals surface area contributed by atoms with E-state index in [1.807, 2.05) is 27.7 Å². The van der Waals surface area contributed by atoms with Gasteiger partial charge in [0.15, 0.2) is 0 Å². The van der Waals surface area contributed by atoms with E-state index in [1.165, 1.54) is 7.11 Å². The van der Waals surface area contributed by atoms with E-state index in [9.17, 15) is 9.13 Å². The van der Waals surface area contributed by atoms with E-state index >= 15 is 0 Å². The summed E-state index contributed by atoms with van der Waals surface area (Å²) < 4.78 is 78.5. The van der Waals surface area contributed by atoms with Gasteiger partial charge in [0.25, 0.3) is 6.57 Å². The summed E-state index contributed by atoms with van der Waals surface area (Å²) >= 11 is 8.48. The molecular weight excluding hydrogens is 590 g/mol. The van der Waals surface area contributed by atoms with Crippen LogP contribution in [0.3, 0.4) is 0 Å². The van der Waals surface area contributed by atoms with E-state index in [1.54, 1.807) is 34.8 Å². The van der Waals surface area contributed by atoms with Gasteiger partial charge in [-0.1, -0.05) is 45.3 Å². The maximum absolute atomic E-state index is 13.4. The lowest BCUT2D eigenvalue weighted by atomic mass is 10.1. The molecule has 0 aliphatic carbocycles. The molecule has 4 unspecified atom stereocenters. The van der Waals surface area contributed by atoms with Crippen LogP contribution in [0.2, 0.25) is 0 Å². The molecule has 0 aromatic carbocycles. The maximum atomic E-state index is 13.4. The molecule has 2 saturated heterocycles. The van der Waals surface area contributed by atoms with Gasteiger partial charge in [0, 0.05) is 19.4 Å². The fourth-order valence-corrected chi connectivity index (χ4v) is 6.73. The van der Waals surface area contributed by atoms with Crippen LogP contribution in [0.1, 0.15) is 55.4 Å². The molecule has 10 atom stereocenters. The molecule has 0 bridgehead atoms. The molecule has 0 aromatic heterocycles. The highest BCUT2D eigenvalue weighted by Crippen LogP contribution is 2.63. The zero-order chi connectivity index (χ0) is 29.8. The average Bonchev–Trinajstić information content (AvgIpc) is 3.24. The lowest BCUT2D eigenvalue weighted by molar-refractivity contribution is -0.132. The van der Waals surface area contributed by atoms with Crippen LogP contribution >= 0.6 is 37.9 Å². The number of rotatable bonds is 14. The Morgan fingerprint density at radius 1 is 0.769 bits per heavy atom. The summed E-state index contributed by atoms with van der Waals surface area (Å²) in [5, 5.41) is -0.686. The summed E-state index contributed by atoms with van der Waals surface area (Å²) in [7, 11) is 3.10. The highest BCUT2D eigenvalue weighted by Gasteiger charge is 2.50. The predicted molar refractivity (Wildman–Crippen MR) is 155 cm³/mol. The molecule has 0 aromatic rings. The van der Waals surface area contributed by atoms with Crippen molar-refractivity contribution in [3.63, 3.8) is 0 Å². The first-order valence-electron chi connectivity index (χ1n) is 13.1. The first-order chi connectivity index (χ1) is 17.8. The number of methoxy groups -OCH3 is 2. The Kier molecular flexibility index (Phi) is 13.4. The van der Waals surface area contributed by atoms with E-state index in [0.717, 1.165) is 0 Å². The van der Waals surface area contributed by atoms with Gasteiger partial charge in [-0.2, -0.15) is 0 Å². The lowest BCUT2D eigenvalue weighted by Gasteiger charge is -2.32. The van der Waals surface area contributed by atoms with Crippen molar-refractivity contribution in [3.05, 3.63) is 0 Å². The van der Waals surface area contributed by atoms with Crippen LogP contribution in [0.25, 0.3) is 0 Å². The molecule has 2 heterocycles. The van der Waals surface area contributed by atoms with Crippen molar-refractivity contribution in [2.45, 2.75) is 115 Å². The summed E-state index contributed by atoms with van der Waals surface area (Å²) in [5.74, 6) is 0. The molecule has 0 N–H and O–H groups in total. The third-order valence-electron chi connectivity index (χ3n) is 6.36. The van der Waals surface area contributed by atoms with Crippen molar-refractivity contribution in [1.29, 1.82) is 0 Å². The molecule has 2 aliphatic rings. The molecule has 2 aliphatic heterocycles. The van der Waals surface area contributed by atoms with Gasteiger partial charge >= 0.3 is 6.80 Å². The number of ether oxygens (including phenoxy) is 6. The number of hydrogen-bond acceptors (Lipinski definition) is 11. The Morgan fingerprint density at radius 2 is 1.31 bits per heavy atom. The average molecular weight is 639 g/mol. The highest BCUT2D eigenvalue weighted by atomic mass is 32.7. The SMILES string of the molecule is COCCOC1[C@H](C)O[C@H](COP(=O)(S)O[C@@H]2C(OC)[C@H](C)O[C@@H]2COP(=O)(S)C(C)(C)C)[C@@H]1OC(C)(C)C. The fraction of sp³-hybridized carbons (Fsp3) is 1.00. The smallest absolute Gasteiger partial charge is 0.382 e. The van der Waals surface area contributed by atoms with Gasteiger partial charge in [0.05, 0.1) is 44.2 Å². The molecule has 2 rings (SSSR count). The van der Waals surface area contributed by atoms with Gasteiger partial charge in [0.1, 0.15) is 36.6 Å². The van der Waals surface area contributed by atoms with Gasteiger partial charge in [-0.3, -0.25) is 13.6 Å². The molecule has 15 heteroatoms. The van der Waals surface area contributed by atoms with Crippen molar-refractivity contribution >= 4 is 37.9 Å². The summed E-state index contributed by atoms with van der Waals surface area (Å²) in [6.07, 6.45) is -4.36. The minimum absolute atomic E-state index is 0.105. The van der Waals surface area contributed by atoms with Gasteiger partial charge in [0.2, 0.25) is 0 Å². The van der Waals surface area contributed by atoms with Crippen LogP contribution in [0.5, 0.6) is 0 Å². The summed E-state index contributed by atoms with van der Waals surface area (Å²) in [6.45, 7) is 8.15. The standard InChI is InChI=1S/C24H48O11P2S2/c1-15-19(28-10)22(18(32-15)13-30-36(25,38)24(6,7)8)35-37(26,39)31-14-17-21(34-23(3,4)5)20(16(2)33-17)29-12-11-27-9/h15-22H,11-14H2,1-10H3,(H,25,38)(H,26,39)/t15-,16-,17+,18+,19?,20?,21-,22-,36?,37?/m0/s1. The zero-order valence-corrected chi connectivity index (χ0v) is 28.3. The van der Waals surface area contributed by atoms with E-state index < -0.39 is 60.7 Å². The highest BCUT2D eigenvalue weighted by molar-refractivity contribution is 8.46. The van der Waals surface area contributed by atoms with Crippen LogP contribution in [0.15, 0.2) is 0 Å². The number of thiol groups is 2. The summed E-state index contributed by atoms with van der Waals surface area (Å²) in [4.78, 5) is 0. The van der Waals surface area contributed by atoms with E-state index in [0.29, 0.717) is 13.2 Å². The van der Waals surface area contributed by atoms with Crippen LogP contribution in [-0.4, -0.2) is 100 Å². The fourth-order valence-electron chi connectivity index (χ4n) is 4.31. The molecule has 0 spiro atoms. The Labute approximate surface area is 244 Å². The molecule has 0 radical (unpaired) electrons. The Morgan fingerprint density at radius 3 is 1.82 bits per heavy atom. The largest absolute Gasteiger partial charge is 0.386 e. The molecule has 232 valence electrons. The van der Waals surface area contributed by atoms with Crippen LogP contribution in [0.4, 0.5) is 0 Å². The third kappa shape index (κ3) is 10.5. The quantitative estimate of drug-likeness (QED) is 0.149. The topological polar surface area (TPSA) is 117 Å². The Bertz CT molecular complexity index is 866. The second-order valence-electron chi connectivity index (χ2n) is 11.8. The molecule has 0 saturated carbocycles. The van der Waals surface area contributed by atoms with Crippen molar-refractivity contribution in [1.82, 2.24) is 0 Å².